The highest BCUT2D eigenvalue weighted by Gasteiger charge is 2.43. The number of likely N-dealkylation sites (N-methyl/N-ethyl adjacent to an activating group) is 1. The first-order valence-corrected chi connectivity index (χ1v) is 10.4. The average Bonchev–Trinajstić information content (AvgIpc) is 2.71. The summed E-state index contributed by atoms with van der Waals surface area (Å²) in [6.07, 6.45) is -1.29. The molecule has 2 aromatic carbocycles. The standard InChI is InChI=1S/C24H31N3O5/c1-27(2,3)16-20(26-23(31)32-17-19-12-8-5-9-13-19)22(30)24(25,15-21(28)29)14-18-10-6-4-7-11-18/h4-13,20H,14-17,25H2,1-3H3,(H-,26,28,29,31)/p+1/t20?,24-/m0/s1. The van der Waals surface area contributed by atoms with Crippen LogP contribution in [-0.4, -0.2) is 66.7 Å². The number of nitrogens with one attached hydrogen (secondary N) is 1. The summed E-state index contributed by atoms with van der Waals surface area (Å²) in [4.78, 5) is 37.5. The van der Waals surface area contributed by atoms with Crippen molar-refractivity contribution < 1.29 is 28.7 Å². The number of quaternary nitrogens is 1. The predicted octanol–water partition coefficient (Wildman–Crippen LogP) is 1.97. The zero-order valence-electron chi connectivity index (χ0n) is 18.8. The Bertz CT molecular complexity index is 912. The Morgan fingerprint density at radius 2 is 1.53 bits per heavy atom. The summed E-state index contributed by atoms with van der Waals surface area (Å²) in [5.41, 5.74) is 6.25. The van der Waals surface area contributed by atoms with E-state index in [0.717, 1.165) is 11.1 Å². The van der Waals surface area contributed by atoms with Gasteiger partial charge in [-0.1, -0.05) is 60.7 Å². The van der Waals surface area contributed by atoms with Gasteiger partial charge in [0.2, 0.25) is 0 Å². The molecule has 0 saturated carbocycles. The molecule has 2 rings (SSSR count). The third kappa shape index (κ3) is 8.13. The van der Waals surface area contributed by atoms with E-state index in [1.807, 2.05) is 57.5 Å². The largest absolute Gasteiger partial charge is 0.481 e. The summed E-state index contributed by atoms with van der Waals surface area (Å²) >= 11 is 0. The minimum atomic E-state index is -1.69. The molecule has 0 aromatic heterocycles. The Balaban J connectivity index is 2.21. The second kappa shape index (κ2) is 10.9. The number of hydrogen-bond donors (Lipinski definition) is 3. The maximum absolute atomic E-state index is 13.5. The van der Waals surface area contributed by atoms with Gasteiger partial charge in [0, 0.05) is 0 Å². The van der Waals surface area contributed by atoms with Crippen LogP contribution in [-0.2, 0) is 27.4 Å². The maximum Gasteiger partial charge on any atom is 0.408 e. The Hall–Kier alpha value is -3.23. The number of rotatable bonds is 11. The van der Waals surface area contributed by atoms with Crippen LogP contribution in [0.15, 0.2) is 60.7 Å². The number of nitrogens with two attached hydrogens (primary N) is 1. The van der Waals surface area contributed by atoms with Crippen LogP contribution >= 0.6 is 0 Å². The fourth-order valence-corrected chi connectivity index (χ4v) is 3.46. The molecule has 2 atom stereocenters. The number of alkyl carbamates (subject to hydrolysis) is 1. The lowest BCUT2D eigenvalue weighted by Gasteiger charge is -2.34. The van der Waals surface area contributed by atoms with Crippen LogP contribution in [0, 0.1) is 0 Å². The first kappa shape index (κ1) is 25.0. The minimum absolute atomic E-state index is 0.0351. The predicted molar refractivity (Wildman–Crippen MR) is 121 cm³/mol. The molecule has 0 aliphatic carbocycles. The molecule has 0 bridgehead atoms. The molecule has 4 N–H and O–H groups in total. The number of carbonyl (C=O) groups excluding carboxylic acids is 2. The summed E-state index contributed by atoms with van der Waals surface area (Å²) in [7, 11) is 5.59. The zero-order valence-corrected chi connectivity index (χ0v) is 18.8. The molecule has 0 heterocycles. The van der Waals surface area contributed by atoms with Gasteiger partial charge in [-0.15, -0.1) is 0 Å². The number of benzene rings is 2. The van der Waals surface area contributed by atoms with Gasteiger partial charge in [0.25, 0.3) is 0 Å². The van der Waals surface area contributed by atoms with E-state index in [-0.39, 0.29) is 19.6 Å². The van der Waals surface area contributed by atoms with Gasteiger partial charge >= 0.3 is 12.1 Å². The number of aliphatic carboxylic acids is 1. The topological polar surface area (TPSA) is 119 Å². The van der Waals surface area contributed by atoms with E-state index in [1.54, 1.807) is 24.3 Å². The van der Waals surface area contributed by atoms with E-state index in [2.05, 4.69) is 5.32 Å². The van der Waals surface area contributed by atoms with Crippen molar-refractivity contribution in [2.45, 2.75) is 31.0 Å². The summed E-state index contributed by atoms with van der Waals surface area (Å²) in [5, 5.41) is 12.0. The van der Waals surface area contributed by atoms with Crippen molar-refractivity contribution in [1.82, 2.24) is 5.32 Å². The maximum atomic E-state index is 13.5. The number of nitrogens with zero attached hydrogens (tertiary/aromatic N) is 1. The smallest absolute Gasteiger partial charge is 0.408 e. The van der Waals surface area contributed by atoms with E-state index in [4.69, 9.17) is 10.5 Å². The highest BCUT2D eigenvalue weighted by molar-refractivity contribution is 5.97. The van der Waals surface area contributed by atoms with Crippen molar-refractivity contribution in [2.75, 3.05) is 27.7 Å². The SMILES string of the molecule is C[N+](C)(C)CC(NC(=O)OCc1ccccc1)C(=O)[C@@](N)(CC(=O)O)Cc1ccccc1. The van der Waals surface area contributed by atoms with Crippen molar-refractivity contribution in [3.8, 4) is 0 Å². The van der Waals surface area contributed by atoms with Gasteiger partial charge in [0.15, 0.2) is 5.78 Å². The fourth-order valence-electron chi connectivity index (χ4n) is 3.46. The second-order valence-electron chi connectivity index (χ2n) is 8.98. The number of amides is 1. The highest BCUT2D eigenvalue weighted by Crippen LogP contribution is 2.19. The molecule has 0 fully saturated rings. The quantitative estimate of drug-likeness (QED) is 0.458. The number of ketones is 1. The third-order valence-electron chi connectivity index (χ3n) is 4.87. The monoisotopic (exact) mass is 442 g/mol. The van der Waals surface area contributed by atoms with Gasteiger partial charge in [-0.2, -0.15) is 0 Å². The normalized spacial score (nSPS) is 14.1. The lowest BCUT2D eigenvalue weighted by Crippen LogP contribution is -2.63. The number of carbonyl (C=O) groups is 3. The second-order valence-corrected chi connectivity index (χ2v) is 8.98. The third-order valence-corrected chi connectivity index (χ3v) is 4.87. The molecule has 1 unspecified atom stereocenters. The van der Waals surface area contributed by atoms with E-state index in [1.165, 1.54) is 0 Å². The summed E-state index contributed by atoms with van der Waals surface area (Å²) in [5.74, 6) is -1.74. The Morgan fingerprint density at radius 3 is 2.03 bits per heavy atom. The number of ether oxygens (including phenoxy) is 1. The van der Waals surface area contributed by atoms with Crippen LogP contribution in [0.25, 0.3) is 0 Å². The van der Waals surface area contributed by atoms with Crippen molar-refractivity contribution in [3.05, 3.63) is 71.8 Å². The molecular weight excluding hydrogens is 410 g/mol. The van der Waals surface area contributed by atoms with Gasteiger partial charge in [-0.05, 0) is 17.5 Å². The molecule has 0 radical (unpaired) electrons. The van der Waals surface area contributed by atoms with Crippen LogP contribution in [0.2, 0.25) is 0 Å². The molecule has 0 spiro atoms. The highest BCUT2D eigenvalue weighted by atomic mass is 16.5. The van der Waals surface area contributed by atoms with Gasteiger partial charge in [0.05, 0.1) is 33.1 Å². The van der Waals surface area contributed by atoms with E-state index >= 15 is 0 Å². The lowest BCUT2D eigenvalue weighted by molar-refractivity contribution is -0.870. The first-order valence-electron chi connectivity index (χ1n) is 10.4. The summed E-state index contributed by atoms with van der Waals surface area (Å²) in [6.45, 7) is 0.261. The van der Waals surface area contributed by atoms with E-state index < -0.39 is 35.8 Å². The fraction of sp³-hybridized carbons (Fsp3) is 0.375. The first-order chi connectivity index (χ1) is 15.0. The van der Waals surface area contributed by atoms with Crippen molar-refractivity contribution in [1.29, 1.82) is 0 Å². The Morgan fingerprint density at radius 1 is 1.00 bits per heavy atom. The van der Waals surface area contributed by atoms with Crippen molar-refractivity contribution in [3.63, 3.8) is 0 Å². The molecule has 2 aromatic rings. The molecule has 0 aliphatic rings. The minimum Gasteiger partial charge on any atom is -0.481 e. The van der Waals surface area contributed by atoms with E-state index in [9.17, 15) is 19.5 Å². The zero-order chi connectivity index (χ0) is 23.8. The molecule has 8 nitrogen and oxygen atoms in total. The van der Waals surface area contributed by atoms with Crippen LogP contribution in [0.3, 0.4) is 0 Å². The molecule has 0 aliphatic heterocycles. The van der Waals surface area contributed by atoms with Crippen LogP contribution < -0.4 is 11.1 Å². The number of carboxylic acids is 1. The van der Waals surface area contributed by atoms with Gasteiger partial charge in [-0.3, -0.25) is 9.59 Å². The molecule has 32 heavy (non-hydrogen) atoms. The molecule has 0 saturated heterocycles. The number of hydrogen-bond acceptors (Lipinski definition) is 5. The van der Waals surface area contributed by atoms with E-state index in [0.29, 0.717) is 4.48 Å². The number of Topliss-reactive ketones (excluding diaryl/α,β-unsaturated/α-hetero) is 1. The van der Waals surface area contributed by atoms with Gasteiger partial charge < -0.3 is 25.4 Å². The Kier molecular flexibility index (Phi) is 8.51. The van der Waals surface area contributed by atoms with Crippen molar-refractivity contribution in [2.24, 2.45) is 5.73 Å². The average molecular weight is 443 g/mol. The molecular formula is C24H32N3O5+. The van der Waals surface area contributed by atoms with Crippen LogP contribution in [0.1, 0.15) is 17.5 Å². The summed E-state index contributed by atoms with van der Waals surface area (Å²) < 4.78 is 5.62. The van der Waals surface area contributed by atoms with Gasteiger partial charge in [0.1, 0.15) is 19.2 Å². The number of carboxylic acid groups (broad SMARTS) is 1. The summed E-state index contributed by atoms with van der Waals surface area (Å²) in [6, 6.07) is 17.1. The Labute approximate surface area is 188 Å². The van der Waals surface area contributed by atoms with Crippen molar-refractivity contribution >= 4 is 17.8 Å². The molecule has 172 valence electrons. The van der Waals surface area contributed by atoms with Gasteiger partial charge in [-0.25, -0.2) is 4.79 Å². The van der Waals surface area contributed by atoms with Crippen LogP contribution in [0.5, 0.6) is 0 Å². The molecule has 8 heteroatoms. The lowest BCUT2D eigenvalue weighted by atomic mass is 9.81. The molecule has 1 amide bonds. The van der Waals surface area contributed by atoms with Crippen LogP contribution in [0.4, 0.5) is 4.79 Å².